The number of carbonyl (C=O) groups excluding carboxylic acids is 1. The third-order valence-corrected chi connectivity index (χ3v) is 3.25. The maximum absolute atomic E-state index is 11.7. The van der Waals surface area contributed by atoms with Gasteiger partial charge in [0.15, 0.2) is 0 Å². The van der Waals surface area contributed by atoms with Crippen molar-refractivity contribution in [3.05, 3.63) is 35.9 Å². The van der Waals surface area contributed by atoms with E-state index in [1.165, 1.54) is 0 Å². The molecule has 1 rings (SSSR count). The van der Waals surface area contributed by atoms with Crippen molar-refractivity contribution in [3.63, 3.8) is 0 Å². The Bertz CT molecular complexity index is 548. The Labute approximate surface area is 140 Å². The number of nitrogens with zero attached hydrogens (tertiary/aromatic N) is 1. The minimum atomic E-state index is -0.998. The fourth-order valence-electron chi connectivity index (χ4n) is 1.92. The number of hydroxylamine groups is 1. The summed E-state index contributed by atoms with van der Waals surface area (Å²) in [5.41, 5.74) is 2.34. The molecule has 4 N–H and O–H groups in total. The summed E-state index contributed by atoms with van der Waals surface area (Å²) in [6.45, 7) is 1.95. The topological polar surface area (TPSA) is 120 Å². The molecule has 0 heterocycles. The van der Waals surface area contributed by atoms with Gasteiger partial charge in [-0.15, -0.1) is 0 Å². The molecule has 1 aromatic rings. The van der Waals surface area contributed by atoms with Crippen LogP contribution in [0.2, 0.25) is 0 Å². The SMILES string of the molecule is CC(=NCCCCC(NCOC(=O)c1ccccc1)C(=O)O)NO. The van der Waals surface area contributed by atoms with Gasteiger partial charge in [-0.25, -0.2) is 4.79 Å². The van der Waals surface area contributed by atoms with E-state index < -0.39 is 18.0 Å². The number of hydrogen-bond donors (Lipinski definition) is 4. The molecule has 0 aliphatic rings. The molecule has 0 radical (unpaired) electrons. The van der Waals surface area contributed by atoms with Crippen molar-refractivity contribution in [2.45, 2.75) is 32.2 Å². The first kappa shape index (κ1) is 19.6. The molecule has 0 fully saturated rings. The first-order chi connectivity index (χ1) is 11.5. The second kappa shape index (κ2) is 11.1. The van der Waals surface area contributed by atoms with E-state index in [2.05, 4.69) is 10.3 Å². The van der Waals surface area contributed by atoms with Gasteiger partial charge in [-0.1, -0.05) is 18.2 Å². The predicted molar refractivity (Wildman–Crippen MR) is 88.0 cm³/mol. The van der Waals surface area contributed by atoms with E-state index in [4.69, 9.17) is 15.1 Å². The van der Waals surface area contributed by atoms with Gasteiger partial charge in [-0.05, 0) is 38.3 Å². The number of carboxylic acid groups (broad SMARTS) is 1. The third-order valence-electron chi connectivity index (χ3n) is 3.25. The number of esters is 1. The van der Waals surface area contributed by atoms with E-state index in [0.717, 1.165) is 0 Å². The lowest BCUT2D eigenvalue weighted by Crippen LogP contribution is -2.38. The highest BCUT2D eigenvalue weighted by molar-refractivity contribution is 5.89. The van der Waals surface area contributed by atoms with Crippen LogP contribution in [0.3, 0.4) is 0 Å². The number of nitrogens with one attached hydrogen (secondary N) is 2. The maximum Gasteiger partial charge on any atom is 0.339 e. The van der Waals surface area contributed by atoms with Crippen molar-refractivity contribution >= 4 is 17.8 Å². The van der Waals surface area contributed by atoms with Crippen LogP contribution in [-0.2, 0) is 9.53 Å². The number of unbranched alkanes of at least 4 members (excludes halogenated alkanes) is 1. The zero-order chi connectivity index (χ0) is 17.8. The molecular formula is C16H23N3O5. The van der Waals surface area contributed by atoms with Gasteiger partial charge in [-0.3, -0.25) is 25.8 Å². The smallest absolute Gasteiger partial charge is 0.339 e. The molecule has 132 valence electrons. The van der Waals surface area contributed by atoms with Crippen LogP contribution >= 0.6 is 0 Å². The number of benzene rings is 1. The van der Waals surface area contributed by atoms with Gasteiger partial charge in [0, 0.05) is 6.54 Å². The molecule has 0 saturated heterocycles. The summed E-state index contributed by atoms with van der Waals surface area (Å²) < 4.78 is 5.01. The second-order valence-electron chi connectivity index (χ2n) is 5.11. The van der Waals surface area contributed by atoms with Crippen molar-refractivity contribution < 1.29 is 24.6 Å². The number of amidine groups is 1. The fourth-order valence-corrected chi connectivity index (χ4v) is 1.92. The molecule has 0 bridgehead atoms. The van der Waals surface area contributed by atoms with Crippen molar-refractivity contribution in [2.75, 3.05) is 13.3 Å². The summed E-state index contributed by atoms with van der Waals surface area (Å²) in [6, 6.07) is 7.69. The quantitative estimate of drug-likeness (QED) is 0.127. The van der Waals surface area contributed by atoms with Crippen LogP contribution in [0.1, 0.15) is 36.5 Å². The van der Waals surface area contributed by atoms with Gasteiger partial charge in [0.2, 0.25) is 0 Å². The van der Waals surface area contributed by atoms with Crippen LogP contribution in [0.4, 0.5) is 0 Å². The summed E-state index contributed by atoms with van der Waals surface area (Å²) in [4.78, 5) is 26.9. The normalized spacial score (nSPS) is 12.5. The number of hydrogen-bond acceptors (Lipinski definition) is 6. The first-order valence-electron chi connectivity index (χ1n) is 7.64. The van der Waals surface area contributed by atoms with Gasteiger partial charge < -0.3 is 9.84 Å². The molecule has 0 aromatic heterocycles. The molecule has 0 spiro atoms. The Morgan fingerprint density at radius 3 is 2.58 bits per heavy atom. The minimum Gasteiger partial charge on any atom is -0.480 e. The van der Waals surface area contributed by atoms with Gasteiger partial charge >= 0.3 is 11.9 Å². The lowest BCUT2D eigenvalue weighted by Gasteiger charge is -2.14. The van der Waals surface area contributed by atoms with Crippen molar-refractivity contribution in [3.8, 4) is 0 Å². The monoisotopic (exact) mass is 337 g/mol. The molecular weight excluding hydrogens is 314 g/mol. The summed E-state index contributed by atoms with van der Waals surface area (Å²) >= 11 is 0. The molecule has 1 unspecified atom stereocenters. The predicted octanol–water partition coefficient (Wildman–Crippen LogP) is 1.41. The molecule has 24 heavy (non-hydrogen) atoms. The highest BCUT2D eigenvalue weighted by Crippen LogP contribution is 2.03. The number of aliphatic carboxylic acids is 1. The molecule has 1 atom stereocenters. The molecule has 0 saturated carbocycles. The van der Waals surface area contributed by atoms with Crippen molar-refractivity contribution in [1.82, 2.24) is 10.8 Å². The van der Waals surface area contributed by atoms with Gasteiger partial charge in [-0.2, -0.15) is 0 Å². The van der Waals surface area contributed by atoms with Gasteiger partial charge in [0.1, 0.15) is 18.6 Å². The standard InChI is InChI=1S/C16H23N3O5/c1-12(19-23)17-10-6-5-9-14(15(20)21)18-11-24-16(22)13-7-3-2-4-8-13/h2-4,7-8,14,18,23H,5-6,9-11H2,1H3,(H,17,19)(H,20,21). The summed E-state index contributed by atoms with van der Waals surface area (Å²) in [5, 5.41) is 20.4. The molecule has 8 heteroatoms. The van der Waals surface area contributed by atoms with Crippen LogP contribution < -0.4 is 10.8 Å². The van der Waals surface area contributed by atoms with Gasteiger partial charge in [0.05, 0.1) is 5.56 Å². The van der Waals surface area contributed by atoms with Crippen LogP contribution in [0.5, 0.6) is 0 Å². The minimum absolute atomic E-state index is 0.170. The number of aliphatic imine (C=N–C) groups is 1. The Hall–Kier alpha value is -2.45. The highest BCUT2D eigenvalue weighted by atomic mass is 16.5. The number of ether oxygens (including phenoxy) is 1. The lowest BCUT2D eigenvalue weighted by molar-refractivity contribution is -0.140. The Balaban J connectivity index is 2.28. The van der Waals surface area contributed by atoms with Crippen LogP contribution in [0, 0.1) is 0 Å². The number of carbonyl (C=O) groups is 2. The lowest BCUT2D eigenvalue weighted by atomic mass is 10.1. The molecule has 0 amide bonds. The van der Waals surface area contributed by atoms with Crippen LogP contribution in [-0.4, -0.2) is 47.4 Å². The fraction of sp³-hybridized carbons (Fsp3) is 0.438. The zero-order valence-electron chi connectivity index (χ0n) is 13.6. The largest absolute Gasteiger partial charge is 0.480 e. The summed E-state index contributed by atoms with van der Waals surface area (Å²) in [5.74, 6) is -1.09. The maximum atomic E-state index is 11.7. The van der Waals surface area contributed by atoms with E-state index >= 15 is 0 Å². The average molecular weight is 337 g/mol. The Kier molecular flexibility index (Phi) is 9.10. The van der Waals surface area contributed by atoms with Crippen LogP contribution in [0.25, 0.3) is 0 Å². The molecule has 1 aromatic carbocycles. The van der Waals surface area contributed by atoms with Gasteiger partial charge in [0.25, 0.3) is 0 Å². The third kappa shape index (κ3) is 7.70. The highest BCUT2D eigenvalue weighted by Gasteiger charge is 2.17. The average Bonchev–Trinajstić information content (AvgIpc) is 2.59. The molecule has 0 aliphatic heterocycles. The Morgan fingerprint density at radius 2 is 1.96 bits per heavy atom. The Morgan fingerprint density at radius 1 is 1.25 bits per heavy atom. The molecule has 8 nitrogen and oxygen atoms in total. The summed E-state index contributed by atoms with van der Waals surface area (Å²) in [6.07, 6.45) is 1.71. The summed E-state index contributed by atoms with van der Waals surface area (Å²) in [7, 11) is 0. The molecule has 0 aliphatic carbocycles. The van der Waals surface area contributed by atoms with Crippen molar-refractivity contribution in [1.29, 1.82) is 0 Å². The van der Waals surface area contributed by atoms with Crippen molar-refractivity contribution in [2.24, 2.45) is 4.99 Å². The number of rotatable bonds is 10. The number of carboxylic acids is 1. The second-order valence-corrected chi connectivity index (χ2v) is 5.11. The van der Waals surface area contributed by atoms with E-state index in [1.807, 2.05) is 5.48 Å². The van der Waals surface area contributed by atoms with Crippen LogP contribution in [0.15, 0.2) is 35.3 Å². The first-order valence-corrected chi connectivity index (χ1v) is 7.64. The van der Waals surface area contributed by atoms with E-state index in [1.54, 1.807) is 37.3 Å². The van der Waals surface area contributed by atoms with E-state index in [0.29, 0.717) is 37.2 Å². The zero-order valence-corrected chi connectivity index (χ0v) is 13.6. The van der Waals surface area contributed by atoms with E-state index in [-0.39, 0.29) is 6.73 Å². The van der Waals surface area contributed by atoms with E-state index in [9.17, 15) is 9.59 Å².